The van der Waals surface area contributed by atoms with E-state index in [0.717, 1.165) is 52.3 Å². The van der Waals surface area contributed by atoms with Gasteiger partial charge in [0.15, 0.2) is 0 Å². The molecule has 0 radical (unpaired) electrons. The molecule has 32 heavy (non-hydrogen) atoms. The van der Waals surface area contributed by atoms with Crippen LogP contribution in [0.5, 0.6) is 5.75 Å². The molecule has 0 fully saturated rings. The predicted molar refractivity (Wildman–Crippen MR) is 134 cm³/mol. The Kier molecular flexibility index (Phi) is 6.94. The van der Waals surface area contributed by atoms with Crippen molar-refractivity contribution in [3.63, 3.8) is 0 Å². The maximum absolute atomic E-state index is 10.3. The zero-order chi connectivity index (χ0) is 22.5. The highest BCUT2D eigenvalue weighted by molar-refractivity contribution is 6.43. The minimum absolute atomic E-state index is 0.171. The molecule has 4 heteroatoms. The molecule has 0 aromatic heterocycles. The quantitative estimate of drug-likeness (QED) is 0.330. The van der Waals surface area contributed by atoms with E-state index in [0.29, 0.717) is 6.32 Å². The number of allylic oxidation sites excluding steroid dienone is 2. The van der Waals surface area contributed by atoms with Crippen molar-refractivity contribution in [2.45, 2.75) is 38.6 Å². The van der Waals surface area contributed by atoms with Crippen LogP contribution in [0.1, 0.15) is 37.3 Å². The summed E-state index contributed by atoms with van der Waals surface area (Å²) in [6, 6.07) is 22.0. The Balaban J connectivity index is 1.69. The lowest BCUT2D eigenvalue weighted by molar-refractivity contribution is 0.184. The van der Waals surface area contributed by atoms with Crippen LogP contribution in [-0.4, -0.2) is 23.4 Å². The predicted octanol–water partition coefficient (Wildman–Crippen LogP) is 6.64. The van der Waals surface area contributed by atoms with Gasteiger partial charge in [-0.15, -0.1) is 0 Å². The van der Waals surface area contributed by atoms with Crippen LogP contribution in [0, 0.1) is 0 Å². The van der Waals surface area contributed by atoms with Gasteiger partial charge in [0.25, 0.3) is 0 Å². The molecular formula is C28H29BO3. The SMILES string of the molecule is C=C(CC)C1=CCB(O)OC1CC/C(=C/c1ccc(O)c2ccccc12)c1ccccc1. The van der Waals surface area contributed by atoms with Crippen molar-refractivity contribution < 1.29 is 14.8 Å². The van der Waals surface area contributed by atoms with Gasteiger partial charge in [-0.2, -0.15) is 0 Å². The molecule has 3 aromatic rings. The lowest BCUT2D eigenvalue weighted by Gasteiger charge is -2.28. The molecule has 0 bridgehead atoms. The van der Waals surface area contributed by atoms with Crippen LogP contribution in [0.4, 0.5) is 0 Å². The molecule has 1 atom stereocenters. The molecule has 1 heterocycles. The number of phenolic OH excluding ortho intramolecular Hbond substituents is 1. The lowest BCUT2D eigenvalue weighted by atomic mass is 9.77. The standard InChI is InChI=1S/C28H29BO3/c1-3-20(2)24-17-18-29(31)32-28(24)16-14-22(21-9-5-4-6-10-21)19-23-13-15-27(30)26-12-8-7-11-25(23)26/h4-13,15,17,19,28,30-31H,2-3,14,16,18H2,1H3/b22-19-. The zero-order valence-corrected chi connectivity index (χ0v) is 18.5. The Morgan fingerprint density at radius 2 is 1.78 bits per heavy atom. The summed E-state index contributed by atoms with van der Waals surface area (Å²) >= 11 is 0. The molecule has 0 amide bonds. The zero-order valence-electron chi connectivity index (χ0n) is 18.5. The van der Waals surface area contributed by atoms with E-state index in [-0.39, 0.29) is 11.9 Å². The molecule has 4 rings (SSSR count). The first kappa shape index (κ1) is 22.1. The summed E-state index contributed by atoms with van der Waals surface area (Å²) in [5.74, 6) is 0.288. The van der Waals surface area contributed by atoms with Crippen molar-refractivity contribution in [2.24, 2.45) is 0 Å². The summed E-state index contributed by atoms with van der Waals surface area (Å²) in [6.07, 6.45) is 7.01. The van der Waals surface area contributed by atoms with Crippen LogP contribution < -0.4 is 0 Å². The van der Waals surface area contributed by atoms with Crippen LogP contribution in [0.25, 0.3) is 22.4 Å². The first-order valence-corrected chi connectivity index (χ1v) is 11.2. The second kappa shape index (κ2) is 10.0. The Morgan fingerprint density at radius 3 is 2.53 bits per heavy atom. The molecular weight excluding hydrogens is 395 g/mol. The second-order valence-electron chi connectivity index (χ2n) is 8.23. The van der Waals surface area contributed by atoms with E-state index in [2.05, 4.69) is 37.8 Å². The Hall–Kier alpha value is -3.08. The molecule has 162 valence electrons. The second-order valence-corrected chi connectivity index (χ2v) is 8.23. The van der Waals surface area contributed by atoms with E-state index in [1.807, 2.05) is 48.5 Å². The van der Waals surface area contributed by atoms with E-state index in [1.165, 1.54) is 5.57 Å². The fourth-order valence-electron chi connectivity index (χ4n) is 4.34. The van der Waals surface area contributed by atoms with Gasteiger partial charge in [-0.05, 0) is 53.0 Å². The average molecular weight is 424 g/mol. The number of hydrogen-bond donors (Lipinski definition) is 2. The molecule has 0 aliphatic carbocycles. The van der Waals surface area contributed by atoms with E-state index in [4.69, 9.17) is 4.65 Å². The maximum Gasteiger partial charge on any atom is 0.458 e. The molecule has 0 spiro atoms. The fourth-order valence-corrected chi connectivity index (χ4v) is 4.34. The third kappa shape index (κ3) is 4.88. The van der Waals surface area contributed by atoms with Crippen molar-refractivity contribution in [3.8, 4) is 5.75 Å². The molecule has 0 saturated carbocycles. The molecule has 2 N–H and O–H groups in total. The number of aromatic hydroxyl groups is 1. The number of fused-ring (bicyclic) bond motifs is 1. The van der Waals surface area contributed by atoms with Gasteiger partial charge in [0.2, 0.25) is 0 Å². The van der Waals surface area contributed by atoms with Crippen molar-refractivity contribution in [1.82, 2.24) is 0 Å². The average Bonchev–Trinajstić information content (AvgIpc) is 2.83. The number of hydrogen-bond acceptors (Lipinski definition) is 3. The van der Waals surface area contributed by atoms with Crippen LogP contribution >= 0.6 is 0 Å². The Morgan fingerprint density at radius 1 is 1.06 bits per heavy atom. The fraction of sp³-hybridized carbons (Fsp3) is 0.214. The molecule has 3 aromatic carbocycles. The van der Waals surface area contributed by atoms with Crippen molar-refractivity contribution in [1.29, 1.82) is 0 Å². The summed E-state index contributed by atoms with van der Waals surface area (Å²) < 4.78 is 5.91. The van der Waals surface area contributed by atoms with Crippen LogP contribution in [0.15, 0.2) is 90.5 Å². The van der Waals surface area contributed by atoms with Crippen molar-refractivity contribution in [2.75, 3.05) is 0 Å². The summed E-state index contributed by atoms with van der Waals surface area (Å²) in [4.78, 5) is 0. The van der Waals surface area contributed by atoms with Crippen LogP contribution in [0.3, 0.4) is 0 Å². The van der Waals surface area contributed by atoms with Gasteiger partial charge in [-0.1, -0.05) is 91.9 Å². The van der Waals surface area contributed by atoms with Gasteiger partial charge in [0.05, 0.1) is 6.10 Å². The van der Waals surface area contributed by atoms with Crippen LogP contribution in [-0.2, 0) is 4.65 Å². The molecule has 3 nitrogen and oxygen atoms in total. The minimum atomic E-state index is -0.765. The van der Waals surface area contributed by atoms with E-state index in [1.54, 1.807) is 6.07 Å². The lowest BCUT2D eigenvalue weighted by Crippen LogP contribution is -2.31. The van der Waals surface area contributed by atoms with Gasteiger partial charge >= 0.3 is 7.12 Å². The van der Waals surface area contributed by atoms with Gasteiger partial charge < -0.3 is 14.8 Å². The van der Waals surface area contributed by atoms with Crippen molar-refractivity contribution in [3.05, 3.63) is 102 Å². The van der Waals surface area contributed by atoms with Gasteiger partial charge in [-0.25, -0.2) is 0 Å². The smallest absolute Gasteiger partial charge is 0.458 e. The van der Waals surface area contributed by atoms with E-state index < -0.39 is 7.12 Å². The normalized spacial score (nSPS) is 16.8. The highest BCUT2D eigenvalue weighted by Crippen LogP contribution is 2.34. The Labute approximate surface area is 190 Å². The van der Waals surface area contributed by atoms with E-state index in [9.17, 15) is 10.1 Å². The Bertz CT molecular complexity index is 1160. The summed E-state index contributed by atoms with van der Waals surface area (Å²) in [5.41, 5.74) is 5.58. The highest BCUT2D eigenvalue weighted by Gasteiger charge is 2.28. The molecule has 1 aliphatic rings. The van der Waals surface area contributed by atoms with E-state index >= 15 is 0 Å². The molecule has 0 saturated heterocycles. The van der Waals surface area contributed by atoms with Gasteiger partial charge in [0, 0.05) is 11.7 Å². The number of benzene rings is 3. The summed E-state index contributed by atoms with van der Waals surface area (Å²) in [7, 11) is -0.765. The summed E-state index contributed by atoms with van der Waals surface area (Å²) in [5, 5.41) is 22.2. The van der Waals surface area contributed by atoms with Crippen molar-refractivity contribution >= 4 is 29.5 Å². The van der Waals surface area contributed by atoms with Gasteiger partial charge in [-0.3, -0.25) is 0 Å². The first-order chi connectivity index (χ1) is 15.6. The largest absolute Gasteiger partial charge is 0.507 e. The van der Waals surface area contributed by atoms with Crippen LogP contribution in [0.2, 0.25) is 6.32 Å². The number of rotatable bonds is 7. The third-order valence-corrected chi connectivity index (χ3v) is 6.13. The monoisotopic (exact) mass is 424 g/mol. The summed E-state index contributed by atoms with van der Waals surface area (Å²) in [6.45, 7) is 6.29. The first-order valence-electron chi connectivity index (χ1n) is 11.2. The maximum atomic E-state index is 10.3. The topological polar surface area (TPSA) is 49.7 Å². The molecule has 1 unspecified atom stereocenters. The third-order valence-electron chi connectivity index (χ3n) is 6.13. The number of phenols is 1. The molecule has 1 aliphatic heterocycles. The highest BCUT2D eigenvalue weighted by atomic mass is 16.5. The van der Waals surface area contributed by atoms with Gasteiger partial charge in [0.1, 0.15) is 5.75 Å². The minimum Gasteiger partial charge on any atom is -0.507 e.